The van der Waals surface area contributed by atoms with Crippen molar-refractivity contribution in [3.63, 3.8) is 0 Å². The standard InChI is InChI=1S/C11H13BrN4/c1-7-14-8(2)16(15-7)6-9-3-4-10(12)5-11(9)13/h3-5H,6,13H2,1-2H3. The molecule has 16 heavy (non-hydrogen) atoms. The summed E-state index contributed by atoms with van der Waals surface area (Å²) in [7, 11) is 0. The minimum Gasteiger partial charge on any atom is -0.398 e. The number of benzene rings is 1. The number of nitrogen functional groups attached to an aromatic ring is 1. The van der Waals surface area contributed by atoms with Crippen LogP contribution < -0.4 is 5.73 Å². The first-order chi connectivity index (χ1) is 7.56. The molecule has 2 aromatic rings. The van der Waals surface area contributed by atoms with E-state index >= 15 is 0 Å². The van der Waals surface area contributed by atoms with E-state index in [1.807, 2.05) is 36.7 Å². The molecule has 1 aromatic carbocycles. The first-order valence-corrected chi connectivity index (χ1v) is 5.77. The van der Waals surface area contributed by atoms with Crippen molar-refractivity contribution in [3.8, 4) is 0 Å². The molecule has 5 heteroatoms. The van der Waals surface area contributed by atoms with Gasteiger partial charge in [0, 0.05) is 10.2 Å². The minimum atomic E-state index is 0.659. The second kappa shape index (κ2) is 4.25. The van der Waals surface area contributed by atoms with E-state index in [1.165, 1.54) is 0 Å². The van der Waals surface area contributed by atoms with Crippen molar-refractivity contribution in [1.29, 1.82) is 0 Å². The van der Waals surface area contributed by atoms with E-state index < -0.39 is 0 Å². The van der Waals surface area contributed by atoms with Crippen LogP contribution in [0.15, 0.2) is 22.7 Å². The molecule has 1 heterocycles. The number of nitrogens with zero attached hydrogens (tertiary/aromatic N) is 3. The van der Waals surface area contributed by atoms with Gasteiger partial charge in [-0.1, -0.05) is 22.0 Å². The van der Waals surface area contributed by atoms with Crippen LogP contribution in [0, 0.1) is 13.8 Å². The second-order valence-corrected chi connectivity index (χ2v) is 4.62. The highest BCUT2D eigenvalue weighted by Crippen LogP contribution is 2.19. The van der Waals surface area contributed by atoms with Gasteiger partial charge in [0.05, 0.1) is 6.54 Å². The molecular formula is C11H13BrN4. The molecule has 0 saturated heterocycles. The minimum absolute atomic E-state index is 0.659. The molecule has 0 saturated carbocycles. The van der Waals surface area contributed by atoms with E-state index in [0.29, 0.717) is 6.54 Å². The summed E-state index contributed by atoms with van der Waals surface area (Å²) in [5, 5.41) is 4.31. The number of aryl methyl sites for hydroxylation is 2. The average Bonchev–Trinajstić information content (AvgIpc) is 2.50. The first kappa shape index (κ1) is 11.1. The van der Waals surface area contributed by atoms with Crippen molar-refractivity contribution in [1.82, 2.24) is 14.8 Å². The quantitative estimate of drug-likeness (QED) is 0.859. The van der Waals surface area contributed by atoms with Gasteiger partial charge in [-0.25, -0.2) is 9.67 Å². The lowest BCUT2D eigenvalue weighted by atomic mass is 10.2. The lowest BCUT2D eigenvalue weighted by Gasteiger charge is -2.07. The van der Waals surface area contributed by atoms with Crippen LogP contribution in [0.4, 0.5) is 5.69 Å². The fourth-order valence-corrected chi connectivity index (χ4v) is 1.96. The van der Waals surface area contributed by atoms with Crippen molar-refractivity contribution in [2.45, 2.75) is 20.4 Å². The Balaban J connectivity index is 2.30. The summed E-state index contributed by atoms with van der Waals surface area (Å²) in [6.45, 7) is 4.48. The summed E-state index contributed by atoms with van der Waals surface area (Å²) in [5.74, 6) is 1.69. The highest BCUT2D eigenvalue weighted by atomic mass is 79.9. The Hall–Kier alpha value is -1.36. The Kier molecular flexibility index (Phi) is 2.96. The molecule has 0 aliphatic rings. The summed E-state index contributed by atoms with van der Waals surface area (Å²) < 4.78 is 2.84. The van der Waals surface area contributed by atoms with Crippen molar-refractivity contribution >= 4 is 21.6 Å². The molecule has 2 N–H and O–H groups in total. The van der Waals surface area contributed by atoms with E-state index in [9.17, 15) is 0 Å². The van der Waals surface area contributed by atoms with Crippen LogP contribution in [0.2, 0.25) is 0 Å². The maximum absolute atomic E-state index is 5.93. The van der Waals surface area contributed by atoms with Gasteiger partial charge < -0.3 is 5.73 Å². The SMILES string of the molecule is Cc1nc(C)n(Cc2ccc(Br)cc2N)n1. The maximum atomic E-state index is 5.93. The Labute approximate surface area is 103 Å². The summed E-state index contributed by atoms with van der Waals surface area (Å²) >= 11 is 3.39. The molecule has 0 unspecified atom stereocenters. The van der Waals surface area contributed by atoms with Gasteiger partial charge in [0.2, 0.25) is 0 Å². The van der Waals surface area contributed by atoms with Crippen LogP contribution in [0.25, 0.3) is 0 Å². The number of hydrogen-bond acceptors (Lipinski definition) is 3. The fourth-order valence-electron chi connectivity index (χ4n) is 1.58. The van der Waals surface area contributed by atoms with Crippen LogP contribution in [0.5, 0.6) is 0 Å². The van der Waals surface area contributed by atoms with Gasteiger partial charge in [0.1, 0.15) is 11.6 Å². The monoisotopic (exact) mass is 280 g/mol. The molecule has 0 amide bonds. The first-order valence-electron chi connectivity index (χ1n) is 4.98. The van der Waals surface area contributed by atoms with Crippen molar-refractivity contribution in [2.24, 2.45) is 0 Å². The molecule has 0 radical (unpaired) electrons. The molecule has 0 bridgehead atoms. The second-order valence-electron chi connectivity index (χ2n) is 3.71. The molecule has 84 valence electrons. The number of nitrogens with two attached hydrogens (primary N) is 1. The van der Waals surface area contributed by atoms with Gasteiger partial charge in [0.15, 0.2) is 0 Å². The predicted molar refractivity (Wildman–Crippen MR) is 67.2 cm³/mol. The van der Waals surface area contributed by atoms with E-state index in [1.54, 1.807) is 0 Å². The van der Waals surface area contributed by atoms with E-state index in [2.05, 4.69) is 26.0 Å². The molecule has 0 aliphatic carbocycles. The molecule has 2 rings (SSSR count). The number of aromatic nitrogens is 3. The van der Waals surface area contributed by atoms with Crippen LogP contribution in [0.3, 0.4) is 0 Å². The third kappa shape index (κ3) is 2.24. The smallest absolute Gasteiger partial charge is 0.147 e. The van der Waals surface area contributed by atoms with Crippen LogP contribution >= 0.6 is 15.9 Å². The van der Waals surface area contributed by atoms with Crippen LogP contribution in [0.1, 0.15) is 17.2 Å². The molecule has 1 aromatic heterocycles. The van der Waals surface area contributed by atoms with Gasteiger partial charge in [-0.05, 0) is 31.5 Å². The van der Waals surface area contributed by atoms with E-state index in [0.717, 1.165) is 27.4 Å². The number of anilines is 1. The zero-order valence-electron chi connectivity index (χ0n) is 9.24. The average molecular weight is 281 g/mol. The summed E-state index contributed by atoms with van der Waals surface area (Å²) in [4.78, 5) is 4.26. The molecule has 0 fully saturated rings. The van der Waals surface area contributed by atoms with Crippen LogP contribution in [-0.2, 0) is 6.54 Å². The third-order valence-electron chi connectivity index (χ3n) is 2.39. The van der Waals surface area contributed by atoms with E-state index in [-0.39, 0.29) is 0 Å². The summed E-state index contributed by atoms with van der Waals surface area (Å²) in [5.41, 5.74) is 7.75. The fraction of sp³-hybridized carbons (Fsp3) is 0.273. The lowest BCUT2D eigenvalue weighted by molar-refractivity contribution is 0.657. The summed E-state index contributed by atoms with van der Waals surface area (Å²) in [6, 6.07) is 5.87. The van der Waals surface area contributed by atoms with Crippen molar-refractivity contribution in [3.05, 3.63) is 39.9 Å². The van der Waals surface area contributed by atoms with Gasteiger partial charge in [-0.3, -0.25) is 0 Å². The molecule has 0 spiro atoms. The van der Waals surface area contributed by atoms with Gasteiger partial charge in [-0.15, -0.1) is 0 Å². The van der Waals surface area contributed by atoms with E-state index in [4.69, 9.17) is 5.73 Å². The number of rotatable bonds is 2. The highest BCUT2D eigenvalue weighted by Gasteiger charge is 2.05. The topological polar surface area (TPSA) is 56.7 Å². The third-order valence-corrected chi connectivity index (χ3v) is 2.88. The van der Waals surface area contributed by atoms with Crippen molar-refractivity contribution in [2.75, 3.05) is 5.73 Å². The Bertz CT molecular complexity index is 519. The maximum Gasteiger partial charge on any atom is 0.147 e. The normalized spacial score (nSPS) is 10.7. The van der Waals surface area contributed by atoms with Gasteiger partial charge in [0.25, 0.3) is 0 Å². The molecule has 0 atom stereocenters. The zero-order chi connectivity index (χ0) is 11.7. The Morgan fingerprint density at radius 1 is 1.38 bits per heavy atom. The zero-order valence-corrected chi connectivity index (χ0v) is 10.8. The Morgan fingerprint density at radius 2 is 2.12 bits per heavy atom. The van der Waals surface area contributed by atoms with Crippen molar-refractivity contribution < 1.29 is 0 Å². The van der Waals surface area contributed by atoms with Gasteiger partial charge in [-0.2, -0.15) is 5.10 Å². The predicted octanol–water partition coefficient (Wildman–Crippen LogP) is 2.29. The largest absolute Gasteiger partial charge is 0.398 e. The Morgan fingerprint density at radius 3 is 2.69 bits per heavy atom. The lowest BCUT2D eigenvalue weighted by Crippen LogP contribution is -2.06. The van der Waals surface area contributed by atoms with Crippen LogP contribution in [-0.4, -0.2) is 14.8 Å². The molecule has 0 aliphatic heterocycles. The summed E-state index contributed by atoms with van der Waals surface area (Å²) in [6.07, 6.45) is 0. The van der Waals surface area contributed by atoms with Gasteiger partial charge >= 0.3 is 0 Å². The molecule has 4 nitrogen and oxygen atoms in total. The number of hydrogen-bond donors (Lipinski definition) is 1. The highest BCUT2D eigenvalue weighted by molar-refractivity contribution is 9.10. The molecular weight excluding hydrogens is 268 g/mol. The number of halogens is 1.